The van der Waals surface area contributed by atoms with Crippen LogP contribution in [0.25, 0.3) is 0 Å². The van der Waals surface area contributed by atoms with Gasteiger partial charge in [0.15, 0.2) is 6.10 Å². The van der Waals surface area contributed by atoms with E-state index in [1.54, 1.807) is 49.1 Å². The molecule has 11 nitrogen and oxygen atoms in total. The molecule has 3 aliphatic rings. The predicted molar refractivity (Wildman–Crippen MR) is 193 cm³/mol. The maximum absolute atomic E-state index is 13.5. The Balaban J connectivity index is 1.74. The van der Waals surface area contributed by atoms with Gasteiger partial charge in [0.25, 0.3) is 0 Å². The number of cyclic esters (lactones) is 1. The lowest BCUT2D eigenvalue weighted by Crippen LogP contribution is -2.46. The number of ether oxygens (including phenoxy) is 3. The van der Waals surface area contributed by atoms with E-state index in [1.165, 1.54) is 0 Å². The third-order valence-corrected chi connectivity index (χ3v) is 10.1. The zero-order chi connectivity index (χ0) is 37.4. The Hall–Kier alpha value is -2.28. The fraction of sp³-hybridized carbons (Fsp3) is 0.795. The lowest BCUT2D eigenvalue weighted by Gasteiger charge is -2.34. The van der Waals surface area contributed by atoms with Crippen molar-refractivity contribution in [3.8, 4) is 0 Å². The first-order chi connectivity index (χ1) is 23.2. The van der Waals surface area contributed by atoms with Crippen LogP contribution in [0.4, 0.5) is 4.79 Å². The molecule has 0 saturated carbocycles. The summed E-state index contributed by atoms with van der Waals surface area (Å²) < 4.78 is 17.6. The van der Waals surface area contributed by atoms with E-state index >= 15 is 0 Å². The van der Waals surface area contributed by atoms with Crippen molar-refractivity contribution in [3.05, 3.63) is 36.0 Å². The lowest BCUT2D eigenvalue weighted by molar-refractivity contribution is -0.151. The summed E-state index contributed by atoms with van der Waals surface area (Å²) >= 11 is 0. The Morgan fingerprint density at radius 2 is 1.88 bits per heavy atom. The molecular weight excluding hydrogens is 640 g/mol. The number of esters is 1. The van der Waals surface area contributed by atoms with Crippen molar-refractivity contribution in [2.75, 3.05) is 32.7 Å². The van der Waals surface area contributed by atoms with E-state index < -0.39 is 47.7 Å². The fourth-order valence-electron chi connectivity index (χ4n) is 6.97. The zero-order valence-electron chi connectivity index (χ0n) is 32.0. The minimum absolute atomic E-state index is 0.0127. The van der Waals surface area contributed by atoms with Gasteiger partial charge >= 0.3 is 12.1 Å². The van der Waals surface area contributed by atoms with Crippen LogP contribution in [0.15, 0.2) is 36.0 Å². The highest BCUT2D eigenvalue weighted by Crippen LogP contribution is 2.37. The first-order valence-corrected chi connectivity index (χ1v) is 18.6. The Morgan fingerprint density at radius 3 is 2.54 bits per heavy atom. The molecule has 4 N–H and O–H groups in total. The van der Waals surface area contributed by atoms with Crippen molar-refractivity contribution < 1.29 is 44.2 Å². The fourth-order valence-corrected chi connectivity index (χ4v) is 6.97. The van der Waals surface area contributed by atoms with E-state index in [9.17, 15) is 30.0 Å². The first-order valence-electron chi connectivity index (χ1n) is 18.6. The van der Waals surface area contributed by atoms with Gasteiger partial charge in [0, 0.05) is 44.4 Å². The van der Waals surface area contributed by atoms with Gasteiger partial charge in [-0.05, 0) is 70.1 Å². The minimum atomic E-state index is -1.49. The van der Waals surface area contributed by atoms with E-state index in [-0.39, 0.29) is 48.7 Å². The standard InChI is InChI=1S/C39H66N2O9/c1-10-30(43)28(4)35-31(48-35)24-38(8,46)17-11-13-26(2)34-27(3)14-15-32(39(9,47)18-16-29(42)23-33(44)50-34)49-36(45)41-20-12-19-40(21-22-41)25-37(5,6)7/h11,13-15,17,27-32,34-35,42-43,46-47H,10,12,16,18-25H2,1-9H3/b15-14-,17-11+,26-13+. The SMILES string of the molecule is CCC(O)C(C)C1OC1CC(C)(O)/C=C/C=C(\C)C1OC(=O)CC(O)CCC(C)(O)C(OC(=O)N2CCCN(CC(C)(C)C)CC2)/C=C\C1C. The number of nitrogens with zero attached hydrogens (tertiary/aromatic N) is 2. The second kappa shape index (κ2) is 18.0. The van der Waals surface area contributed by atoms with Crippen LogP contribution in [0.1, 0.15) is 101 Å². The number of aliphatic hydroxyl groups is 4. The molecule has 2 saturated heterocycles. The van der Waals surface area contributed by atoms with Crippen molar-refractivity contribution in [2.45, 2.75) is 149 Å². The van der Waals surface area contributed by atoms with Crippen molar-refractivity contribution in [1.29, 1.82) is 0 Å². The van der Waals surface area contributed by atoms with Gasteiger partial charge in [0.2, 0.25) is 0 Å². The highest BCUT2D eigenvalue weighted by atomic mass is 16.6. The Kier molecular flexibility index (Phi) is 15.1. The van der Waals surface area contributed by atoms with Gasteiger partial charge in [0.1, 0.15) is 11.7 Å². The molecular formula is C39H66N2O9. The van der Waals surface area contributed by atoms with E-state index in [2.05, 4.69) is 25.7 Å². The molecule has 10 atom stereocenters. The minimum Gasteiger partial charge on any atom is -0.457 e. The van der Waals surface area contributed by atoms with Crippen LogP contribution in [-0.4, -0.2) is 123 Å². The summed E-state index contributed by atoms with van der Waals surface area (Å²) in [6, 6.07) is 0. The van der Waals surface area contributed by atoms with Crippen LogP contribution in [-0.2, 0) is 19.0 Å². The van der Waals surface area contributed by atoms with Gasteiger partial charge in [-0.2, -0.15) is 0 Å². The molecule has 0 radical (unpaired) electrons. The number of rotatable bonds is 10. The van der Waals surface area contributed by atoms with E-state index in [0.29, 0.717) is 31.5 Å². The molecule has 0 aromatic rings. The third kappa shape index (κ3) is 13.4. The lowest BCUT2D eigenvalue weighted by atomic mass is 9.88. The van der Waals surface area contributed by atoms with Crippen molar-refractivity contribution in [3.63, 3.8) is 0 Å². The van der Waals surface area contributed by atoms with Gasteiger partial charge < -0.3 is 44.4 Å². The summed E-state index contributed by atoms with van der Waals surface area (Å²) in [5.41, 5.74) is -1.80. The Bertz CT molecular complexity index is 1210. The number of carbonyl (C=O) groups is 2. The second-order valence-electron chi connectivity index (χ2n) is 16.7. The quantitative estimate of drug-likeness (QED) is 0.108. The van der Waals surface area contributed by atoms with Gasteiger partial charge in [-0.15, -0.1) is 0 Å². The molecule has 0 bridgehead atoms. The summed E-state index contributed by atoms with van der Waals surface area (Å²) in [5.74, 6) is -0.952. The largest absolute Gasteiger partial charge is 0.457 e. The van der Waals surface area contributed by atoms with Crippen LogP contribution in [0.5, 0.6) is 0 Å². The number of allylic oxidation sites excluding steroid dienone is 2. The first kappa shape index (κ1) is 42.1. The summed E-state index contributed by atoms with van der Waals surface area (Å²) in [7, 11) is 0. The van der Waals surface area contributed by atoms with Crippen molar-refractivity contribution in [1.82, 2.24) is 9.80 Å². The van der Waals surface area contributed by atoms with Crippen LogP contribution in [0.2, 0.25) is 0 Å². The molecule has 2 fully saturated rings. The molecule has 50 heavy (non-hydrogen) atoms. The van der Waals surface area contributed by atoms with E-state index in [4.69, 9.17) is 14.2 Å². The molecule has 1 amide bonds. The highest BCUT2D eigenvalue weighted by molar-refractivity contribution is 5.70. The van der Waals surface area contributed by atoms with Crippen LogP contribution < -0.4 is 0 Å². The smallest absolute Gasteiger partial charge is 0.410 e. The molecule has 0 aromatic carbocycles. The van der Waals surface area contributed by atoms with Gasteiger partial charge in [-0.1, -0.05) is 65.8 Å². The van der Waals surface area contributed by atoms with Crippen molar-refractivity contribution in [2.24, 2.45) is 17.3 Å². The summed E-state index contributed by atoms with van der Waals surface area (Å²) in [5, 5.41) is 43.4. The molecule has 10 unspecified atom stereocenters. The van der Waals surface area contributed by atoms with E-state index in [0.717, 1.165) is 26.1 Å². The molecule has 0 aromatic heterocycles. The molecule has 3 heterocycles. The Labute approximate surface area is 300 Å². The number of carbonyl (C=O) groups excluding carboxylic acids is 2. The monoisotopic (exact) mass is 706 g/mol. The number of hydrogen-bond donors (Lipinski definition) is 4. The topological polar surface area (TPSA) is 153 Å². The number of hydrogen-bond acceptors (Lipinski definition) is 10. The zero-order valence-corrected chi connectivity index (χ0v) is 32.0. The number of aliphatic hydroxyl groups excluding tert-OH is 2. The third-order valence-electron chi connectivity index (χ3n) is 10.1. The van der Waals surface area contributed by atoms with Crippen LogP contribution >= 0.6 is 0 Å². The number of epoxide rings is 1. The average Bonchev–Trinajstić information content (AvgIpc) is 3.81. The van der Waals surface area contributed by atoms with Gasteiger partial charge in [-0.25, -0.2) is 4.79 Å². The summed E-state index contributed by atoms with van der Waals surface area (Å²) in [6.07, 6.45) is 6.56. The van der Waals surface area contributed by atoms with Crippen molar-refractivity contribution >= 4 is 12.1 Å². The van der Waals surface area contributed by atoms with Gasteiger partial charge in [-0.3, -0.25) is 4.79 Å². The van der Waals surface area contributed by atoms with E-state index in [1.807, 2.05) is 27.7 Å². The number of amides is 1. The summed E-state index contributed by atoms with van der Waals surface area (Å²) in [6.45, 7) is 21.1. The molecule has 0 spiro atoms. The highest BCUT2D eigenvalue weighted by Gasteiger charge is 2.47. The maximum atomic E-state index is 13.5. The Morgan fingerprint density at radius 1 is 1.18 bits per heavy atom. The maximum Gasteiger partial charge on any atom is 0.410 e. The van der Waals surface area contributed by atoms with Crippen LogP contribution in [0, 0.1) is 17.3 Å². The predicted octanol–water partition coefficient (Wildman–Crippen LogP) is 4.76. The molecule has 286 valence electrons. The molecule has 11 heteroatoms. The normalized spacial score (nSPS) is 34.1. The van der Waals surface area contributed by atoms with Gasteiger partial charge in [0.05, 0.1) is 36.4 Å². The second-order valence-corrected chi connectivity index (χ2v) is 16.7. The molecule has 3 rings (SSSR count). The average molecular weight is 707 g/mol. The molecule has 3 aliphatic heterocycles. The van der Waals surface area contributed by atoms with Crippen LogP contribution in [0.3, 0.4) is 0 Å². The molecule has 0 aliphatic carbocycles. The summed E-state index contributed by atoms with van der Waals surface area (Å²) in [4.78, 5) is 30.4.